The van der Waals surface area contributed by atoms with Crippen LogP contribution < -0.4 is 20.1 Å². The second-order valence-corrected chi connectivity index (χ2v) is 5.59. The van der Waals surface area contributed by atoms with Crippen molar-refractivity contribution in [1.82, 2.24) is 20.4 Å². The summed E-state index contributed by atoms with van der Waals surface area (Å²) in [6.07, 6.45) is 3.88. The number of hydrogen-bond acceptors (Lipinski definition) is 4. The first-order valence-electron chi connectivity index (χ1n) is 8.38. The van der Waals surface area contributed by atoms with E-state index in [1.54, 1.807) is 14.2 Å². The lowest BCUT2D eigenvalue weighted by molar-refractivity contribution is 0.354. The molecular formula is C18H27N5O2. The third-order valence-corrected chi connectivity index (χ3v) is 3.61. The summed E-state index contributed by atoms with van der Waals surface area (Å²) in [6, 6.07) is 5.82. The predicted molar refractivity (Wildman–Crippen MR) is 99.3 cm³/mol. The monoisotopic (exact) mass is 345 g/mol. The summed E-state index contributed by atoms with van der Waals surface area (Å²) in [4.78, 5) is 4.62. The molecule has 0 saturated carbocycles. The molecule has 1 heterocycles. The number of aliphatic imine (C=N–C) groups is 1. The lowest BCUT2D eigenvalue weighted by Gasteiger charge is -2.12. The average molecular weight is 345 g/mol. The van der Waals surface area contributed by atoms with Crippen molar-refractivity contribution in [3.63, 3.8) is 0 Å². The Morgan fingerprint density at radius 3 is 2.64 bits per heavy atom. The van der Waals surface area contributed by atoms with Gasteiger partial charge in [-0.25, -0.2) is 4.99 Å². The third kappa shape index (κ3) is 5.70. The minimum Gasteiger partial charge on any atom is -0.493 e. The Morgan fingerprint density at radius 2 is 2.00 bits per heavy atom. The van der Waals surface area contributed by atoms with Gasteiger partial charge in [-0.05, 0) is 37.1 Å². The number of hydrogen-bond donors (Lipinski definition) is 2. The standard InChI is InChI=1S/C18H27N5O2/c1-5-19-18(20-8-9-23-13-14(2)11-22-23)21-12-15-6-7-16(24-3)17(10-15)25-4/h6-7,10-11,13H,5,8-9,12H2,1-4H3,(H2,19,20,21). The molecule has 2 rings (SSSR count). The highest BCUT2D eigenvalue weighted by atomic mass is 16.5. The maximum Gasteiger partial charge on any atom is 0.191 e. The summed E-state index contributed by atoms with van der Waals surface area (Å²) in [5.74, 6) is 2.21. The van der Waals surface area contributed by atoms with E-state index in [1.165, 1.54) is 0 Å². The Morgan fingerprint density at radius 1 is 1.20 bits per heavy atom. The summed E-state index contributed by atoms with van der Waals surface area (Å²) < 4.78 is 12.5. The van der Waals surface area contributed by atoms with Crippen LogP contribution in [0.5, 0.6) is 11.5 Å². The van der Waals surface area contributed by atoms with Gasteiger partial charge in [0.1, 0.15) is 0 Å². The third-order valence-electron chi connectivity index (χ3n) is 3.61. The van der Waals surface area contributed by atoms with Crippen LogP contribution in [-0.4, -0.2) is 43.0 Å². The van der Waals surface area contributed by atoms with Crippen molar-refractivity contribution in [3.8, 4) is 11.5 Å². The van der Waals surface area contributed by atoms with Crippen LogP contribution >= 0.6 is 0 Å². The molecule has 0 radical (unpaired) electrons. The van der Waals surface area contributed by atoms with E-state index >= 15 is 0 Å². The molecule has 136 valence electrons. The number of aromatic nitrogens is 2. The van der Waals surface area contributed by atoms with Gasteiger partial charge in [-0.3, -0.25) is 4.68 Å². The zero-order chi connectivity index (χ0) is 18.1. The average Bonchev–Trinajstić information content (AvgIpc) is 3.04. The summed E-state index contributed by atoms with van der Waals surface area (Å²) in [6.45, 7) is 6.97. The molecule has 0 aliphatic rings. The highest BCUT2D eigenvalue weighted by molar-refractivity contribution is 5.79. The first kappa shape index (κ1) is 18.6. The number of rotatable bonds is 8. The van der Waals surface area contributed by atoms with Crippen molar-refractivity contribution in [3.05, 3.63) is 41.7 Å². The molecule has 0 saturated heterocycles. The number of guanidine groups is 1. The number of ether oxygens (including phenoxy) is 2. The number of nitrogens with one attached hydrogen (secondary N) is 2. The van der Waals surface area contributed by atoms with Crippen LogP contribution in [0.4, 0.5) is 0 Å². The maximum absolute atomic E-state index is 5.33. The Bertz CT molecular complexity index is 697. The van der Waals surface area contributed by atoms with Crippen LogP contribution in [0.2, 0.25) is 0 Å². The van der Waals surface area contributed by atoms with E-state index in [-0.39, 0.29) is 0 Å². The molecule has 0 aliphatic heterocycles. The van der Waals surface area contributed by atoms with Gasteiger partial charge in [-0.1, -0.05) is 6.07 Å². The first-order valence-corrected chi connectivity index (χ1v) is 8.38. The normalized spacial score (nSPS) is 11.3. The molecule has 0 bridgehead atoms. The first-order chi connectivity index (χ1) is 12.2. The van der Waals surface area contributed by atoms with Crippen molar-refractivity contribution < 1.29 is 9.47 Å². The molecule has 0 spiro atoms. The van der Waals surface area contributed by atoms with Gasteiger partial charge in [0, 0.05) is 19.3 Å². The van der Waals surface area contributed by atoms with Gasteiger partial charge in [-0.2, -0.15) is 5.10 Å². The van der Waals surface area contributed by atoms with Gasteiger partial charge in [0.05, 0.1) is 33.5 Å². The summed E-state index contributed by atoms with van der Waals surface area (Å²) in [7, 11) is 3.26. The van der Waals surface area contributed by atoms with Crippen LogP contribution in [0, 0.1) is 6.92 Å². The Kier molecular flexibility index (Phi) is 7.13. The molecular weight excluding hydrogens is 318 g/mol. The minimum atomic E-state index is 0.552. The maximum atomic E-state index is 5.33. The molecule has 1 aromatic heterocycles. The molecule has 0 amide bonds. The van der Waals surface area contributed by atoms with Crippen LogP contribution in [0.15, 0.2) is 35.6 Å². The van der Waals surface area contributed by atoms with E-state index in [0.29, 0.717) is 12.3 Å². The predicted octanol–water partition coefficient (Wildman–Crippen LogP) is 1.96. The minimum absolute atomic E-state index is 0.552. The van der Waals surface area contributed by atoms with Gasteiger partial charge >= 0.3 is 0 Å². The number of methoxy groups -OCH3 is 2. The van der Waals surface area contributed by atoms with Gasteiger partial charge in [0.15, 0.2) is 17.5 Å². The zero-order valence-corrected chi connectivity index (χ0v) is 15.4. The highest BCUT2D eigenvalue weighted by Gasteiger charge is 2.05. The summed E-state index contributed by atoms with van der Waals surface area (Å²) in [5.41, 5.74) is 2.21. The summed E-state index contributed by atoms with van der Waals surface area (Å²) >= 11 is 0. The largest absolute Gasteiger partial charge is 0.493 e. The Balaban J connectivity index is 1.94. The Labute approximate surface area is 149 Å². The molecule has 2 N–H and O–H groups in total. The number of nitrogens with zero attached hydrogens (tertiary/aromatic N) is 3. The van der Waals surface area contributed by atoms with Gasteiger partial charge < -0.3 is 20.1 Å². The summed E-state index contributed by atoms with van der Waals surface area (Å²) in [5, 5.41) is 10.8. The van der Waals surface area contributed by atoms with E-state index in [1.807, 2.05) is 49.1 Å². The van der Waals surface area contributed by atoms with Crippen molar-refractivity contribution >= 4 is 5.96 Å². The fraction of sp³-hybridized carbons (Fsp3) is 0.444. The van der Waals surface area contributed by atoms with Crippen LogP contribution in [0.3, 0.4) is 0 Å². The van der Waals surface area contributed by atoms with Gasteiger partial charge in [-0.15, -0.1) is 0 Å². The van der Waals surface area contributed by atoms with Gasteiger partial charge in [0.25, 0.3) is 0 Å². The molecule has 0 unspecified atom stereocenters. The van der Waals surface area contributed by atoms with Crippen molar-refractivity contribution in [2.75, 3.05) is 27.3 Å². The van der Waals surface area contributed by atoms with E-state index in [0.717, 1.165) is 42.5 Å². The molecule has 7 heteroatoms. The lowest BCUT2D eigenvalue weighted by atomic mass is 10.2. The van der Waals surface area contributed by atoms with Crippen molar-refractivity contribution in [2.24, 2.45) is 4.99 Å². The molecule has 2 aromatic rings. The highest BCUT2D eigenvalue weighted by Crippen LogP contribution is 2.27. The van der Waals surface area contributed by atoms with E-state index in [2.05, 4.69) is 20.7 Å². The Hall–Kier alpha value is -2.70. The lowest BCUT2D eigenvalue weighted by Crippen LogP contribution is -2.38. The number of aryl methyl sites for hydroxylation is 1. The molecule has 0 fully saturated rings. The molecule has 25 heavy (non-hydrogen) atoms. The van der Waals surface area contributed by atoms with Gasteiger partial charge in [0.2, 0.25) is 0 Å². The van der Waals surface area contributed by atoms with E-state index < -0.39 is 0 Å². The van der Waals surface area contributed by atoms with E-state index in [9.17, 15) is 0 Å². The second-order valence-electron chi connectivity index (χ2n) is 5.59. The van der Waals surface area contributed by atoms with Crippen molar-refractivity contribution in [2.45, 2.75) is 26.9 Å². The van der Waals surface area contributed by atoms with Crippen LogP contribution in [0.1, 0.15) is 18.1 Å². The second kappa shape index (κ2) is 9.56. The van der Waals surface area contributed by atoms with Crippen LogP contribution in [0.25, 0.3) is 0 Å². The fourth-order valence-corrected chi connectivity index (χ4v) is 2.37. The molecule has 0 atom stereocenters. The smallest absolute Gasteiger partial charge is 0.191 e. The molecule has 1 aromatic carbocycles. The fourth-order valence-electron chi connectivity index (χ4n) is 2.37. The van der Waals surface area contributed by atoms with Crippen molar-refractivity contribution in [1.29, 1.82) is 0 Å². The zero-order valence-electron chi connectivity index (χ0n) is 15.4. The number of benzene rings is 1. The molecule has 7 nitrogen and oxygen atoms in total. The quantitative estimate of drug-likeness (QED) is 0.565. The topological polar surface area (TPSA) is 72.7 Å². The SMILES string of the molecule is CCNC(=NCc1ccc(OC)c(OC)c1)NCCn1cc(C)cn1. The van der Waals surface area contributed by atoms with Crippen LogP contribution in [-0.2, 0) is 13.1 Å². The molecule has 0 aliphatic carbocycles. The van der Waals surface area contributed by atoms with E-state index in [4.69, 9.17) is 9.47 Å².